The highest BCUT2D eigenvalue weighted by Crippen LogP contribution is 2.30. The first-order chi connectivity index (χ1) is 7.86. The molecular formula is C14H16N2. The maximum Gasteiger partial charge on any atom is 0.0462 e. The summed E-state index contributed by atoms with van der Waals surface area (Å²) in [5, 5.41) is 4.71. The number of rotatable bonds is 1. The molecule has 0 saturated carbocycles. The van der Waals surface area contributed by atoms with Gasteiger partial charge in [-0.3, -0.25) is 0 Å². The van der Waals surface area contributed by atoms with Crippen molar-refractivity contribution in [2.75, 3.05) is 13.1 Å². The van der Waals surface area contributed by atoms with Crippen LogP contribution in [0.5, 0.6) is 0 Å². The number of hydrogen-bond donors (Lipinski definition) is 2. The van der Waals surface area contributed by atoms with E-state index in [-0.39, 0.29) is 0 Å². The first-order valence-corrected chi connectivity index (χ1v) is 5.83. The highest BCUT2D eigenvalue weighted by atomic mass is 14.9. The van der Waals surface area contributed by atoms with E-state index in [1.807, 2.05) is 0 Å². The molecule has 0 atom stereocenters. The summed E-state index contributed by atoms with van der Waals surface area (Å²) in [6, 6.07) is 8.55. The van der Waals surface area contributed by atoms with Crippen LogP contribution in [0.4, 0.5) is 0 Å². The molecular weight excluding hydrogens is 196 g/mol. The predicted octanol–water partition coefficient (Wildman–Crippen LogP) is 2.85. The molecule has 0 unspecified atom stereocenters. The summed E-state index contributed by atoms with van der Waals surface area (Å²) in [5.41, 5.74) is 5.43. The van der Waals surface area contributed by atoms with Gasteiger partial charge in [-0.05, 0) is 31.5 Å². The molecule has 0 bridgehead atoms. The van der Waals surface area contributed by atoms with Crippen molar-refractivity contribution in [1.82, 2.24) is 10.3 Å². The average molecular weight is 212 g/mol. The smallest absolute Gasteiger partial charge is 0.0462 e. The Morgan fingerprint density at radius 1 is 1.19 bits per heavy atom. The molecule has 1 aliphatic heterocycles. The summed E-state index contributed by atoms with van der Waals surface area (Å²) >= 11 is 0. The van der Waals surface area contributed by atoms with Gasteiger partial charge in [0.2, 0.25) is 0 Å². The molecule has 1 aliphatic rings. The summed E-state index contributed by atoms with van der Waals surface area (Å²) < 4.78 is 0. The second kappa shape index (κ2) is 3.80. The fourth-order valence-corrected chi connectivity index (χ4v) is 2.54. The van der Waals surface area contributed by atoms with Crippen LogP contribution in [0, 0.1) is 6.92 Å². The minimum atomic E-state index is 0.994. The fourth-order valence-electron chi connectivity index (χ4n) is 2.54. The largest absolute Gasteiger partial charge is 0.358 e. The Bertz CT molecular complexity index is 549. The Hall–Kier alpha value is -1.54. The number of nitrogens with one attached hydrogen (secondary N) is 2. The van der Waals surface area contributed by atoms with E-state index < -0.39 is 0 Å². The molecule has 3 rings (SSSR count). The Morgan fingerprint density at radius 3 is 2.88 bits per heavy atom. The average Bonchev–Trinajstić information content (AvgIpc) is 2.66. The zero-order chi connectivity index (χ0) is 11.0. The van der Waals surface area contributed by atoms with Crippen molar-refractivity contribution in [3.05, 3.63) is 41.6 Å². The van der Waals surface area contributed by atoms with Crippen molar-refractivity contribution in [3.63, 3.8) is 0 Å². The lowest BCUT2D eigenvalue weighted by molar-refractivity contribution is 0.738. The standard InChI is InChI=1S/C14H16N2/c1-10-14(11-6-8-15-9-7-11)12-4-2-3-5-13(12)16-10/h2-6,15-16H,7-9H2,1H3. The molecule has 2 heterocycles. The maximum absolute atomic E-state index is 3.46. The number of para-hydroxylation sites is 1. The molecule has 0 spiro atoms. The van der Waals surface area contributed by atoms with Gasteiger partial charge in [0.1, 0.15) is 0 Å². The molecule has 0 radical (unpaired) electrons. The normalized spacial score (nSPS) is 16.4. The Kier molecular flexibility index (Phi) is 2.29. The van der Waals surface area contributed by atoms with E-state index in [4.69, 9.17) is 0 Å². The zero-order valence-corrected chi connectivity index (χ0v) is 9.51. The summed E-state index contributed by atoms with van der Waals surface area (Å²) in [6.45, 7) is 4.25. The lowest BCUT2D eigenvalue weighted by atomic mass is 9.97. The minimum absolute atomic E-state index is 0.994. The van der Waals surface area contributed by atoms with Gasteiger partial charge in [0.05, 0.1) is 0 Å². The van der Waals surface area contributed by atoms with E-state index in [1.54, 1.807) is 0 Å². The second-order valence-electron chi connectivity index (χ2n) is 4.35. The van der Waals surface area contributed by atoms with Crippen LogP contribution in [-0.4, -0.2) is 18.1 Å². The third-order valence-corrected chi connectivity index (χ3v) is 3.28. The van der Waals surface area contributed by atoms with E-state index in [0.29, 0.717) is 0 Å². The first-order valence-electron chi connectivity index (χ1n) is 5.83. The minimum Gasteiger partial charge on any atom is -0.358 e. The first kappa shape index (κ1) is 9.67. The summed E-state index contributed by atoms with van der Waals surface area (Å²) in [7, 11) is 0. The zero-order valence-electron chi connectivity index (χ0n) is 9.51. The number of aryl methyl sites for hydroxylation is 1. The van der Waals surface area contributed by atoms with Crippen molar-refractivity contribution >= 4 is 16.5 Å². The Labute approximate surface area is 95.4 Å². The summed E-state index contributed by atoms with van der Waals surface area (Å²) in [6.07, 6.45) is 3.44. The predicted molar refractivity (Wildman–Crippen MR) is 68.5 cm³/mol. The van der Waals surface area contributed by atoms with Crippen LogP contribution >= 0.6 is 0 Å². The number of aromatic amines is 1. The van der Waals surface area contributed by atoms with E-state index >= 15 is 0 Å². The summed E-state index contributed by atoms with van der Waals surface area (Å²) in [5.74, 6) is 0. The van der Waals surface area contributed by atoms with E-state index in [1.165, 1.54) is 27.7 Å². The quantitative estimate of drug-likeness (QED) is 0.747. The maximum atomic E-state index is 3.46. The van der Waals surface area contributed by atoms with Crippen LogP contribution in [0.1, 0.15) is 17.7 Å². The lowest BCUT2D eigenvalue weighted by Crippen LogP contribution is -2.20. The number of H-pyrrole nitrogens is 1. The van der Waals surface area contributed by atoms with Crippen molar-refractivity contribution in [1.29, 1.82) is 0 Å². The lowest BCUT2D eigenvalue weighted by Gasteiger charge is -2.14. The van der Waals surface area contributed by atoms with Gasteiger partial charge in [-0.2, -0.15) is 0 Å². The number of benzene rings is 1. The monoisotopic (exact) mass is 212 g/mol. The molecule has 0 aliphatic carbocycles. The molecule has 2 nitrogen and oxygen atoms in total. The van der Waals surface area contributed by atoms with Crippen molar-refractivity contribution in [2.24, 2.45) is 0 Å². The molecule has 16 heavy (non-hydrogen) atoms. The highest BCUT2D eigenvalue weighted by molar-refractivity contribution is 5.94. The molecule has 2 heteroatoms. The number of aromatic nitrogens is 1. The van der Waals surface area contributed by atoms with Gasteiger partial charge in [0.15, 0.2) is 0 Å². The molecule has 0 fully saturated rings. The molecule has 2 aromatic rings. The van der Waals surface area contributed by atoms with Gasteiger partial charge in [-0.1, -0.05) is 24.3 Å². The summed E-state index contributed by atoms with van der Waals surface area (Å²) in [4.78, 5) is 3.46. The second-order valence-corrected chi connectivity index (χ2v) is 4.35. The van der Waals surface area contributed by atoms with Gasteiger partial charge in [-0.15, -0.1) is 0 Å². The number of fused-ring (bicyclic) bond motifs is 1. The van der Waals surface area contributed by atoms with E-state index in [2.05, 4.69) is 47.6 Å². The Morgan fingerprint density at radius 2 is 2.06 bits per heavy atom. The van der Waals surface area contributed by atoms with Crippen molar-refractivity contribution in [3.8, 4) is 0 Å². The molecule has 1 aromatic heterocycles. The van der Waals surface area contributed by atoms with Gasteiger partial charge >= 0.3 is 0 Å². The van der Waals surface area contributed by atoms with Gasteiger partial charge < -0.3 is 10.3 Å². The van der Waals surface area contributed by atoms with Crippen LogP contribution in [0.2, 0.25) is 0 Å². The highest BCUT2D eigenvalue weighted by Gasteiger charge is 2.13. The number of hydrogen-bond acceptors (Lipinski definition) is 1. The van der Waals surface area contributed by atoms with Crippen LogP contribution in [0.25, 0.3) is 16.5 Å². The Balaban J connectivity index is 2.21. The molecule has 82 valence electrons. The van der Waals surface area contributed by atoms with Crippen LogP contribution in [-0.2, 0) is 0 Å². The molecule has 0 amide bonds. The fraction of sp³-hybridized carbons (Fsp3) is 0.286. The van der Waals surface area contributed by atoms with Crippen molar-refractivity contribution < 1.29 is 0 Å². The molecule has 1 aromatic carbocycles. The molecule has 0 saturated heterocycles. The van der Waals surface area contributed by atoms with Gasteiger partial charge in [-0.25, -0.2) is 0 Å². The van der Waals surface area contributed by atoms with Crippen LogP contribution < -0.4 is 5.32 Å². The van der Waals surface area contributed by atoms with E-state index in [9.17, 15) is 0 Å². The topological polar surface area (TPSA) is 27.8 Å². The third kappa shape index (κ3) is 1.46. The SMILES string of the molecule is Cc1[nH]c2ccccc2c1C1=CCNCC1. The van der Waals surface area contributed by atoms with E-state index in [0.717, 1.165) is 19.5 Å². The van der Waals surface area contributed by atoms with Crippen LogP contribution in [0.15, 0.2) is 30.3 Å². The third-order valence-electron chi connectivity index (χ3n) is 3.28. The van der Waals surface area contributed by atoms with Crippen LogP contribution in [0.3, 0.4) is 0 Å². The van der Waals surface area contributed by atoms with Gasteiger partial charge in [0, 0.05) is 28.7 Å². The van der Waals surface area contributed by atoms with Gasteiger partial charge in [0.25, 0.3) is 0 Å². The molecule has 2 N–H and O–H groups in total. The van der Waals surface area contributed by atoms with Crippen molar-refractivity contribution in [2.45, 2.75) is 13.3 Å².